The molecule has 0 bridgehead atoms. The van der Waals surface area contributed by atoms with Crippen LogP contribution in [-0.2, 0) is 15.7 Å². The lowest BCUT2D eigenvalue weighted by Gasteiger charge is -2.14. The zero-order valence-electron chi connectivity index (χ0n) is 11.7. The van der Waals surface area contributed by atoms with Gasteiger partial charge in [-0.05, 0) is 31.5 Å². The Morgan fingerprint density at radius 2 is 1.95 bits per heavy atom. The third-order valence-corrected chi connectivity index (χ3v) is 5.54. The minimum Gasteiger partial charge on any atom is -0.493 e. The summed E-state index contributed by atoms with van der Waals surface area (Å²) in [6, 6.07) is 3.38. The first kappa shape index (κ1) is 17.4. The van der Waals surface area contributed by atoms with Crippen LogP contribution in [0.5, 0.6) is 11.5 Å². The van der Waals surface area contributed by atoms with E-state index in [1.165, 1.54) is 7.11 Å². The fraction of sp³-hybridized carbons (Fsp3) is 0.538. The second-order valence-electron chi connectivity index (χ2n) is 4.51. The highest BCUT2D eigenvalue weighted by molar-refractivity contribution is 7.91. The maximum atomic E-state index is 11.7. The van der Waals surface area contributed by atoms with Crippen LogP contribution >= 0.6 is 23.2 Å². The average Bonchev–Trinajstić information content (AvgIpc) is 2.39. The van der Waals surface area contributed by atoms with E-state index in [0.29, 0.717) is 22.4 Å². The molecule has 1 aromatic rings. The summed E-state index contributed by atoms with van der Waals surface area (Å²) >= 11 is 11.8. The molecule has 114 valence electrons. The molecule has 0 radical (unpaired) electrons. The van der Waals surface area contributed by atoms with Gasteiger partial charge in [0, 0.05) is 5.88 Å². The number of halogens is 2. The van der Waals surface area contributed by atoms with Gasteiger partial charge in [-0.2, -0.15) is 0 Å². The Kier molecular flexibility index (Phi) is 6.43. The van der Waals surface area contributed by atoms with Crippen LogP contribution in [0.4, 0.5) is 0 Å². The summed E-state index contributed by atoms with van der Waals surface area (Å²) in [7, 11) is -1.66. The summed E-state index contributed by atoms with van der Waals surface area (Å²) < 4.78 is 34.0. The quantitative estimate of drug-likeness (QED) is 0.714. The molecular formula is C13H18Cl2O4S. The molecule has 0 atom stereocenters. The number of hydrogen-bond acceptors (Lipinski definition) is 4. The van der Waals surface area contributed by atoms with Crippen LogP contribution < -0.4 is 9.47 Å². The number of methoxy groups -OCH3 is 1. The highest BCUT2D eigenvalue weighted by Gasteiger charge is 2.17. The molecule has 0 fully saturated rings. The Bertz CT molecular complexity index is 556. The second-order valence-corrected chi connectivity index (χ2v) is 7.86. The predicted molar refractivity (Wildman–Crippen MR) is 82.0 cm³/mol. The number of rotatable bonds is 7. The summed E-state index contributed by atoms with van der Waals surface area (Å²) in [6.45, 7) is 3.30. The van der Waals surface area contributed by atoms with Gasteiger partial charge >= 0.3 is 0 Å². The van der Waals surface area contributed by atoms with Crippen LogP contribution in [0.1, 0.15) is 19.4 Å². The van der Waals surface area contributed by atoms with Gasteiger partial charge in [0.15, 0.2) is 21.3 Å². The SMILES string of the molecule is COc1cc(CCl)cc(Cl)c1OCCS(=O)(=O)C(C)C. The van der Waals surface area contributed by atoms with Crippen LogP contribution in [-0.4, -0.2) is 33.1 Å². The third kappa shape index (κ3) is 4.43. The van der Waals surface area contributed by atoms with Crippen LogP contribution in [0.25, 0.3) is 0 Å². The smallest absolute Gasteiger partial charge is 0.179 e. The standard InChI is InChI=1S/C13H18Cl2O4S/c1-9(2)20(16,17)5-4-19-13-11(15)6-10(8-14)7-12(13)18-3/h6-7,9H,4-5,8H2,1-3H3. The molecule has 20 heavy (non-hydrogen) atoms. The summed E-state index contributed by atoms with van der Waals surface area (Å²) in [5, 5.41) is -0.0796. The predicted octanol–water partition coefficient (Wildman–Crippen LogP) is 3.29. The first-order valence-electron chi connectivity index (χ1n) is 6.08. The number of sulfone groups is 1. The molecule has 0 unspecified atom stereocenters. The van der Waals surface area contributed by atoms with Gasteiger partial charge in [0.25, 0.3) is 0 Å². The van der Waals surface area contributed by atoms with Crippen molar-refractivity contribution in [2.75, 3.05) is 19.5 Å². The van der Waals surface area contributed by atoms with Gasteiger partial charge in [-0.15, -0.1) is 11.6 Å². The molecule has 0 N–H and O–H groups in total. The average molecular weight is 341 g/mol. The van der Waals surface area contributed by atoms with E-state index < -0.39 is 15.1 Å². The molecule has 0 heterocycles. The van der Waals surface area contributed by atoms with Crippen molar-refractivity contribution < 1.29 is 17.9 Å². The summed E-state index contributed by atoms with van der Waals surface area (Å²) in [4.78, 5) is 0. The number of alkyl halides is 1. The lowest BCUT2D eigenvalue weighted by molar-refractivity contribution is 0.311. The third-order valence-electron chi connectivity index (χ3n) is 2.78. The van der Waals surface area contributed by atoms with Gasteiger partial charge in [-0.3, -0.25) is 0 Å². The maximum absolute atomic E-state index is 11.7. The highest BCUT2D eigenvalue weighted by atomic mass is 35.5. The first-order chi connectivity index (χ1) is 9.31. The normalized spacial score (nSPS) is 11.7. The Morgan fingerprint density at radius 1 is 1.30 bits per heavy atom. The summed E-state index contributed by atoms with van der Waals surface area (Å²) in [5.41, 5.74) is 0.802. The van der Waals surface area contributed by atoms with Gasteiger partial charge in [0.1, 0.15) is 6.61 Å². The van der Waals surface area contributed by atoms with Crippen molar-refractivity contribution in [2.24, 2.45) is 0 Å². The van der Waals surface area contributed by atoms with E-state index in [1.807, 2.05) is 0 Å². The van der Waals surface area contributed by atoms with Crippen LogP contribution in [0, 0.1) is 0 Å². The highest BCUT2D eigenvalue weighted by Crippen LogP contribution is 2.36. The molecule has 4 nitrogen and oxygen atoms in total. The van der Waals surface area contributed by atoms with Crippen molar-refractivity contribution in [1.82, 2.24) is 0 Å². The largest absolute Gasteiger partial charge is 0.493 e. The van der Waals surface area contributed by atoms with Crippen LogP contribution in [0.15, 0.2) is 12.1 Å². The Hall–Kier alpha value is -0.650. The fourth-order valence-electron chi connectivity index (χ4n) is 1.49. The van der Waals surface area contributed by atoms with E-state index in [-0.39, 0.29) is 12.4 Å². The minimum atomic E-state index is -3.14. The molecule has 0 aliphatic heterocycles. The van der Waals surface area contributed by atoms with Crippen molar-refractivity contribution in [3.63, 3.8) is 0 Å². The van der Waals surface area contributed by atoms with Crippen molar-refractivity contribution >= 4 is 33.0 Å². The molecular weight excluding hydrogens is 323 g/mol. The molecule has 7 heteroatoms. The van der Waals surface area contributed by atoms with Crippen molar-refractivity contribution in [1.29, 1.82) is 0 Å². The van der Waals surface area contributed by atoms with E-state index in [0.717, 1.165) is 5.56 Å². The van der Waals surface area contributed by atoms with Crippen LogP contribution in [0.2, 0.25) is 5.02 Å². The van der Waals surface area contributed by atoms with Gasteiger partial charge in [0.05, 0.1) is 23.1 Å². The Labute approximate surface area is 129 Å². The molecule has 0 aliphatic rings. The van der Waals surface area contributed by atoms with Crippen molar-refractivity contribution in [3.05, 3.63) is 22.7 Å². The van der Waals surface area contributed by atoms with E-state index in [4.69, 9.17) is 32.7 Å². The molecule has 0 aromatic heterocycles. The lowest BCUT2D eigenvalue weighted by Crippen LogP contribution is -2.22. The van der Waals surface area contributed by atoms with E-state index in [2.05, 4.69) is 0 Å². The van der Waals surface area contributed by atoms with Gasteiger partial charge < -0.3 is 9.47 Å². The minimum absolute atomic E-state index is 0.0246. The van der Waals surface area contributed by atoms with Gasteiger partial charge in [0.2, 0.25) is 0 Å². The van der Waals surface area contributed by atoms with E-state index in [9.17, 15) is 8.42 Å². The van der Waals surface area contributed by atoms with Crippen LogP contribution in [0.3, 0.4) is 0 Å². The Balaban J connectivity index is 2.83. The number of benzene rings is 1. The van der Waals surface area contributed by atoms with Crippen molar-refractivity contribution in [2.45, 2.75) is 25.0 Å². The van der Waals surface area contributed by atoms with Gasteiger partial charge in [-0.25, -0.2) is 8.42 Å². The molecule has 1 rings (SSSR count). The summed E-state index contributed by atoms with van der Waals surface area (Å²) in [6.07, 6.45) is 0. The molecule has 0 saturated carbocycles. The maximum Gasteiger partial charge on any atom is 0.179 e. The van der Waals surface area contributed by atoms with Gasteiger partial charge in [-0.1, -0.05) is 11.6 Å². The monoisotopic (exact) mass is 340 g/mol. The zero-order chi connectivity index (χ0) is 15.3. The lowest BCUT2D eigenvalue weighted by atomic mass is 10.2. The Morgan fingerprint density at radius 3 is 2.45 bits per heavy atom. The molecule has 1 aromatic carbocycles. The molecule has 0 amide bonds. The molecule has 0 saturated heterocycles. The molecule has 0 spiro atoms. The van der Waals surface area contributed by atoms with Crippen molar-refractivity contribution in [3.8, 4) is 11.5 Å². The first-order valence-corrected chi connectivity index (χ1v) is 8.71. The second kappa shape index (κ2) is 7.38. The number of hydrogen-bond donors (Lipinski definition) is 0. The fourth-order valence-corrected chi connectivity index (χ4v) is 2.72. The zero-order valence-corrected chi connectivity index (χ0v) is 14.0. The summed E-state index contributed by atoms with van der Waals surface area (Å²) in [5.74, 6) is 1.01. The number of ether oxygens (including phenoxy) is 2. The molecule has 0 aliphatic carbocycles. The topological polar surface area (TPSA) is 52.6 Å². The van der Waals surface area contributed by atoms with E-state index in [1.54, 1.807) is 26.0 Å². The van der Waals surface area contributed by atoms with E-state index >= 15 is 0 Å².